The van der Waals surface area contributed by atoms with Crippen LogP contribution in [-0.2, 0) is 24.8 Å². The predicted molar refractivity (Wildman–Crippen MR) is 129 cm³/mol. The van der Waals surface area contributed by atoms with Crippen LogP contribution in [0.25, 0.3) is 10.8 Å². The molecule has 0 aliphatic carbocycles. The maximum atomic E-state index is 12.9. The minimum absolute atomic E-state index is 0.0923. The van der Waals surface area contributed by atoms with E-state index in [2.05, 4.69) is 9.44 Å². The van der Waals surface area contributed by atoms with Gasteiger partial charge < -0.3 is 9.80 Å². The molecule has 1 heterocycles. The molecule has 0 radical (unpaired) electrons. The predicted octanol–water partition coefficient (Wildman–Crippen LogP) is 1.24. The fourth-order valence-corrected chi connectivity index (χ4v) is 5.83. The summed E-state index contributed by atoms with van der Waals surface area (Å²) < 4.78 is 53.2. The Hall–Kier alpha value is -1.76. The van der Waals surface area contributed by atoms with Gasteiger partial charge in [-0.1, -0.05) is 23.7 Å². The maximum absolute atomic E-state index is 12.9. The Bertz CT molecular complexity index is 1240. The van der Waals surface area contributed by atoms with E-state index in [9.17, 15) is 21.6 Å². The Kier molecular flexibility index (Phi) is 8.03. The number of sulfonamides is 2. The van der Waals surface area contributed by atoms with Gasteiger partial charge in [0.2, 0.25) is 26.0 Å². The number of halogens is 1. The van der Waals surface area contributed by atoms with Gasteiger partial charge in [-0.25, -0.2) is 21.6 Å². The van der Waals surface area contributed by atoms with Crippen molar-refractivity contribution >= 4 is 48.3 Å². The Balaban J connectivity index is 1.60. The van der Waals surface area contributed by atoms with Crippen molar-refractivity contribution in [1.82, 2.24) is 19.2 Å². The fourth-order valence-electron chi connectivity index (χ4n) is 3.93. The van der Waals surface area contributed by atoms with E-state index < -0.39 is 26.1 Å². The number of likely N-dealkylation sites (tertiary alicyclic amines) is 1. The van der Waals surface area contributed by atoms with Crippen LogP contribution in [-0.4, -0.2) is 84.1 Å². The van der Waals surface area contributed by atoms with E-state index in [1.807, 2.05) is 18.9 Å². The van der Waals surface area contributed by atoms with Crippen molar-refractivity contribution in [3.8, 4) is 0 Å². The van der Waals surface area contributed by atoms with Gasteiger partial charge in [-0.05, 0) is 55.4 Å². The highest BCUT2D eigenvalue weighted by Gasteiger charge is 2.37. The lowest BCUT2D eigenvalue weighted by atomic mass is 10.1. The summed E-state index contributed by atoms with van der Waals surface area (Å²) >= 11 is 5.99. The molecule has 2 unspecified atom stereocenters. The summed E-state index contributed by atoms with van der Waals surface area (Å²) in [5.74, 6) is -0.263. The van der Waals surface area contributed by atoms with Crippen LogP contribution in [0.2, 0.25) is 5.02 Å². The van der Waals surface area contributed by atoms with Crippen LogP contribution in [0.15, 0.2) is 41.3 Å². The van der Waals surface area contributed by atoms with Crippen LogP contribution in [0, 0.1) is 0 Å². The van der Waals surface area contributed by atoms with Crippen molar-refractivity contribution in [3.63, 3.8) is 0 Å². The lowest BCUT2D eigenvalue weighted by Crippen LogP contribution is -2.47. The molecule has 1 aliphatic rings. The summed E-state index contributed by atoms with van der Waals surface area (Å²) in [6.45, 7) is 3.63. The van der Waals surface area contributed by atoms with Crippen LogP contribution in [0.4, 0.5) is 0 Å². The molecule has 33 heavy (non-hydrogen) atoms. The number of amides is 1. The number of carbonyl (C=O) groups excluding carboxylic acids is 1. The number of hydrogen-bond acceptors (Lipinski definition) is 6. The lowest BCUT2D eigenvalue weighted by Gasteiger charge is -2.29. The average molecular weight is 517 g/mol. The summed E-state index contributed by atoms with van der Waals surface area (Å²) in [5, 5.41) is 2.14. The van der Waals surface area contributed by atoms with Crippen LogP contribution < -0.4 is 9.44 Å². The smallest absolute Gasteiger partial charge is 0.241 e. The number of nitrogens with zero attached hydrogens (tertiary/aromatic N) is 2. The Morgan fingerprint density at radius 2 is 1.82 bits per heavy atom. The quantitative estimate of drug-likeness (QED) is 0.491. The molecular formula is C21H29ClN4O5S2. The number of benzene rings is 2. The summed E-state index contributed by atoms with van der Waals surface area (Å²) in [4.78, 5) is 16.6. The van der Waals surface area contributed by atoms with Gasteiger partial charge in [0, 0.05) is 37.2 Å². The van der Waals surface area contributed by atoms with E-state index in [1.165, 1.54) is 6.07 Å². The molecule has 2 atom stereocenters. The minimum Gasteiger partial charge on any atom is -0.337 e. The van der Waals surface area contributed by atoms with E-state index in [1.54, 1.807) is 35.2 Å². The van der Waals surface area contributed by atoms with Gasteiger partial charge in [0.1, 0.15) is 6.04 Å². The van der Waals surface area contributed by atoms with E-state index in [4.69, 9.17) is 11.6 Å². The number of rotatable bonds is 10. The first-order valence-corrected chi connectivity index (χ1v) is 14.3. The van der Waals surface area contributed by atoms with Gasteiger partial charge in [-0.2, -0.15) is 4.72 Å². The molecular weight excluding hydrogens is 488 g/mol. The van der Waals surface area contributed by atoms with E-state index in [0.29, 0.717) is 31.1 Å². The molecule has 0 saturated carbocycles. The van der Waals surface area contributed by atoms with Crippen molar-refractivity contribution in [2.75, 3.05) is 39.5 Å². The average Bonchev–Trinajstić information content (AvgIpc) is 3.06. The van der Waals surface area contributed by atoms with Gasteiger partial charge in [0.25, 0.3) is 0 Å². The molecule has 1 fully saturated rings. The number of likely N-dealkylation sites (N-methyl/N-ethyl adjacent to an activating group) is 1. The summed E-state index contributed by atoms with van der Waals surface area (Å²) in [5.41, 5.74) is 0. The van der Waals surface area contributed by atoms with Crippen molar-refractivity contribution in [2.24, 2.45) is 0 Å². The van der Waals surface area contributed by atoms with Crippen molar-refractivity contribution in [1.29, 1.82) is 0 Å². The summed E-state index contributed by atoms with van der Waals surface area (Å²) in [6.07, 6.45) is 1.48. The Morgan fingerprint density at radius 3 is 2.52 bits per heavy atom. The highest BCUT2D eigenvalue weighted by Crippen LogP contribution is 2.24. The molecule has 182 valence electrons. The monoisotopic (exact) mass is 516 g/mol. The second kappa shape index (κ2) is 10.2. The molecule has 9 nitrogen and oxygen atoms in total. The molecule has 2 aromatic rings. The largest absolute Gasteiger partial charge is 0.337 e. The maximum Gasteiger partial charge on any atom is 0.241 e. The third-order valence-electron chi connectivity index (χ3n) is 5.59. The molecule has 1 amide bonds. The normalized spacial score (nSPS) is 18.4. The van der Waals surface area contributed by atoms with Gasteiger partial charge >= 0.3 is 0 Å². The number of hydrogen-bond donors (Lipinski definition) is 2. The lowest BCUT2D eigenvalue weighted by molar-refractivity contribution is -0.131. The topological polar surface area (TPSA) is 116 Å². The summed E-state index contributed by atoms with van der Waals surface area (Å²) in [6, 6.07) is 8.98. The Labute approximate surface area is 200 Å². The van der Waals surface area contributed by atoms with Crippen molar-refractivity contribution in [2.45, 2.75) is 30.3 Å². The first kappa shape index (κ1) is 25.9. The molecule has 0 spiro atoms. The molecule has 2 aromatic carbocycles. The highest BCUT2D eigenvalue weighted by atomic mass is 35.5. The Morgan fingerprint density at radius 1 is 1.15 bits per heavy atom. The van der Waals surface area contributed by atoms with Crippen LogP contribution in [0.3, 0.4) is 0 Å². The van der Waals surface area contributed by atoms with E-state index in [0.717, 1.165) is 17.0 Å². The van der Waals surface area contributed by atoms with Crippen molar-refractivity contribution in [3.05, 3.63) is 41.4 Å². The minimum atomic E-state index is -3.88. The van der Waals surface area contributed by atoms with Crippen LogP contribution in [0.1, 0.15) is 13.3 Å². The third kappa shape index (κ3) is 6.87. The fraction of sp³-hybridized carbons (Fsp3) is 0.476. The molecule has 1 saturated heterocycles. The standard InChI is InChI=1S/C21H29ClN4O5S2/c1-15(14-25(2)11-9-23-32(3,28)29)26-10-8-20(21(26)27)24-33(30,31)19-7-5-16-12-18(22)6-4-17(16)13-19/h4-7,12-13,15,20,23-24H,8-11,14H2,1-3H3. The highest BCUT2D eigenvalue weighted by molar-refractivity contribution is 7.89. The second-order valence-electron chi connectivity index (χ2n) is 8.43. The van der Waals surface area contributed by atoms with E-state index >= 15 is 0 Å². The van der Waals surface area contributed by atoms with Crippen LogP contribution >= 0.6 is 11.6 Å². The van der Waals surface area contributed by atoms with Gasteiger partial charge in [0.15, 0.2) is 0 Å². The first-order chi connectivity index (χ1) is 15.4. The zero-order chi connectivity index (χ0) is 24.4. The second-order valence-corrected chi connectivity index (χ2v) is 12.4. The summed E-state index contributed by atoms with van der Waals surface area (Å²) in [7, 11) is -5.29. The molecule has 3 rings (SSSR count). The number of fused-ring (bicyclic) bond motifs is 1. The SMILES string of the molecule is CC(CN(C)CCNS(C)(=O)=O)N1CCC(NS(=O)(=O)c2ccc3cc(Cl)ccc3c2)C1=O. The number of carbonyl (C=O) groups is 1. The zero-order valence-electron chi connectivity index (χ0n) is 18.8. The number of nitrogens with one attached hydrogen (secondary N) is 2. The van der Waals surface area contributed by atoms with Crippen molar-refractivity contribution < 1.29 is 21.6 Å². The molecule has 1 aliphatic heterocycles. The van der Waals surface area contributed by atoms with E-state index in [-0.39, 0.29) is 23.4 Å². The first-order valence-electron chi connectivity index (χ1n) is 10.5. The molecule has 0 bridgehead atoms. The molecule has 0 aromatic heterocycles. The zero-order valence-corrected chi connectivity index (χ0v) is 21.2. The van der Waals surface area contributed by atoms with Crippen LogP contribution in [0.5, 0.6) is 0 Å². The molecule has 12 heteroatoms. The molecule has 2 N–H and O–H groups in total. The third-order valence-corrected chi connectivity index (χ3v) is 8.02. The van der Waals surface area contributed by atoms with Gasteiger partial charge in [-0.3, -0.25) is 4.79 Å². The van der Waals surface area contributed by atoms with Gasteiger partial charge in [-0.15, -0.1) is 0 Å². The van der Waals surface area contributed by atoms with Gasteiger partial charge in [0.05, 0.1) is 11.2 Å².